The van der Waals surface area contributed by atoms with Gasteiger partial charge in [-0.3, -0.25) is 9.36 Å². The summed E-state index contributed by atoms with van der Waals surface area (Å²) in [7, 11) is 1.21. The standard InChI is InChI=1S/C63H105N2O6P/c1-6-8-10-12-14-16-18-20-21-22-23-24-25-26-27-28-29-30-31-32-33-34-35-36-37-38-39-40-41-42-43-45-47-49-51-53-55-57-63(67)64-61(60-71-72(68,69)70-59-58-65(3,4)5)62(66)56-54-52-50-48-46-44-19-17-15-13-11-9-7-2/h8,10,14-17,20-21,23-24,26-27,29-30,32-33,35-36,38-39,46,48,54,56,61-62,66H,6-7,9,11-13,18-19,22,25,28,31,34,37,40-45,47,49-53,55,57-60H2,1-5H3,(H-,64,67,68,69)/b10-8-,16-14-,17-15+,21-20-,24-23-,27-26-,30-29-,33-32-,36-35-,39-38-,48-46+,56-54+. The van der Waals surface area contributed by atoms with E-state index in [1.807, 2.05) is 27.2 Å². The Morgan fingerprint density at radius 2 is 0.861 bits per heavy atom. The monoisotopic (exact) mass is 1020 g/mol. The molecule has 0 saturated heterocycles. The first kappa shape index (κ1) is 68.4. The lowest BCUT2D eigenvalue weighted by Crippen LogP contribution is -2.45. The number of aliphatic hydroxyl groups excluding tert-OH is 1. The van der Waals surface area contributed by atoms with Crippen molar-refractivity contribution in [3.05, 3.63) is 146 Å². The van der Waals surface area contributed by atoms with E-state index in [0.29, 0.717) is 17.4 Å². The van der Waals surface area contributed by atoms with Gasteiger partial charge >= 0.3 is 0 Å². The number of phosphoric ester groups is 1. The fourth-order valence-corrected chi connectivity index (χ4v) is 7.84. The van der Waals surface area contributed by atoms with Crippen LogP contribution in [0.1, 0.15) is 194 Å². The second-order valence-corrected chi connectivity index (χ2v) is 20.9. The zero-order valence-electron chi connectivity index (χ0n) is 46.3. The Morgan fingerprint density at radius 1 is 0.500 bits per heavy atom. The van der Waals surface area contributed by atoms with Crippen LogP contribution in [0.15, 0.2) is 146 Å². The number of amides is 1. The van der Waals surface area contributed by atoms with Crippen LogP contribution < -0.4 is 10.2 Å². The lowest BCUT2D eigenvalue weighted by Gasteiger charge is -2.29. The molecule has 0 aliphatic rings. The number of quaternary nitrogens is 1. The second-order valence-electron chi connectivity index (χ2n) is 19.5. The highest BCUT2D eigenvalue weighted by Crippen LogP contribution is 2.38. The van der Waals surface area contributed by atoms with Crippen LogP contribution in [0.3, 0.4) is 0 Å². The summed E-state index contributed by atoms with van der Waals surface area (Å²) in [4.78, 5) is 25.4. The van der Waals surface area contributed by atoms with Crippen molar-refractivity contribution in [2.75, 3.05) is 40.9 Å². The number of carbonyl (C=O) groups excluding carboxylic acids is 1. The Balaban J connectivity index is 4.18. The number of phosphoric acid groups is 1. The predicted molar refractivity (Wildman–Crippen MR) is 311 cm³/mol. The second kappa shape index (κ2) is 52.3. The largest absolute Gasteiger partial charge is 0.756 e. The molecule has 0 aromatic heterocycles. The minimum absolute atomic E-state index is 0.0179. The van der Waals surface area contributed by atoms with Crippen LogP contribution in [0.25, 0.3) is 0 Å². The predicted octanol–water partition coefficient (Wildman–Crippen LogP) is 16.7. The van der Waals surface area contributed by atoms with Crippen LogP contribution in [-0.4, -0.2) is 68.5 Å². The van der Waals surface area contributed by atoms with Crippen molar-refractivity contribution >= 4 is 13.7 Å². The summed E-state index contributed by atoms with van der Waals surface area (Å²) in [6, 6.07) is -0.923. The smallest absolute Gasteiger partial charge is 0.268 e. The lowest BCUT2D eigenvalue weighted by atomic mass is 10.1. The number of nitrogens with one attached hydrogen (secondary N) is 1. The number of carbonyl (C=O) groups is 1. The molecule has 0 heterocycles. The summed E-state index contributed by atoms with van der Waals surface area (Å²) in [6.07, 6.45) is 80.7. The highest BCUT2D eigenvalue weighted by Gasteiger charge is 2.23. The zero-order valence-corrected chi connectivity index (χ0v) is 47.2. The van der Waals surface area contributed by atoms with Gasteiger partial charge in [0.25, 0.3) is 7.82 Å². The number of hydrogen-bond donors (Lipinski definition) is 2. The first-order chi connectivity index (χ1) is 35.0. The molecule has 0 aromatic rings. The molecule has 0 aromatic carbocycles. The maximum Gasteiger partial charge on any atom is 0.268 e. The van der Waals surface area contributed by atoms with E-state index in [-0.39, 0.29) is 12.5 Å². The maximum atomic E-state index is 12.9. The first-order valence-electron chi connectivity index (χ1n) is 28.2. The minimum Gasteiger partial charge on any atom is -0.756 e. The molecule has 0 bridgehead atoms. The van der Waals surface area contributed by atoms with E-state index in [4.69, 9.17) is 9.05 Å². The van der Waals surface area contributed by atoms with Gasteiger partial charge in [0, 0.05) is 6.42 Å². The maximum absolute atomic E-state index is 12.9. The summed E-state index contributed by atoms with van der Waals surface area (Å²) >= 11 is 0. The van der Waals surface area contributed by atoms with Crippen LogP contribution in [-0.2, 0) is 18.4 Å². The van der Waals surface area contributed by atoms with Crippen molar-refractivity contribution < 1.29 is 32.9 Å². The van der Waals surface area contributed by atoms with Gasteiger partial charge in [-0.2, -0.15) is 0 Å². The summed E-state index contributed by atoms with van der Waals surface area (Å²) in [6.45, 7) is 4.44. The van der Waals surface area contributed by atoms with E-state index < -0.39 is 26.6 Å². The lowest BCUT2D eigenvalue weighted by molar-refractivity contribution is -0.870. The van der Waals surface area contributed by atoms with Crippen LogP contribution in [0.4, 0.5) is 0 Å². The van der Waals surface area contributed by atoms with Gasteiger partial charge in [-0.25, -0.2) is 0 Å². The minimum atomic E-state index is -4.62. The summed E-state index contributed by atoms with van der Waals surface area (Å²) in [5.41, 5.74) is 0. The molecule has 3 atom stereocenters. The Kier molecular flexibility index (Phi) is 49.6. The summed E-state index contributed by atoms with van der Waals surface area (Å²) < 4.78 is 23.2. The van der Waals surface area contributed by atoms with Crippen LogP contribution in [0.5, 0.6) is 0 Å². The van der Waals surface area contributed by atoms with Gasteiger partial charge < -0.3 is 28.8 Å². The number of likely N-dealkylation sites (N-methyl/N-ethyl adjacent to an activating group) is 1. The fraction of sp³-hybridized carbons (Fsp3) is 0.603. The molecule has 9 heteroatoms. The van der Waals surface area contributed by atoms with Gasteiger partial charge in [0.1, 0.15) is 13.2 Å². The van der Waals surface area contributed by atoms with Gasteiger partial charge in [0.15, 0.2) is 0 Å². The highest BCUT2D eigenvalue weighted by atomic mass is 31.2. The molecule has 72 heavy (non-hydrogen) atoms. The fourth-order valence-electron chi connectivity index (χ4n) is 7.12. The number of aliphatic hydroxyl groups is 1. The van der Waals surface area contributed by atoms with E-state index in [1.54, 1.807) is 6.08 Å². The van der Waals surface area contributed by atoms with Crippen molar-refractivity contribution in [1.82, 2.24) is 5.32 Å². The number of nitrogens with zero attached hydrogens (tertiary/aromatic N) is 1. The molecule has 0 saturated carbocycles. The molecule has 0 aliphatic heterocycles. The van der Waals surface area contributed by atoms with E-state index in [2.05, 4.69) is 153 Å². The van der Waals surface area contributed by atoms with Crippen molar-refractivity contribution in [3.63, 3.8) is 0 Å². The SMILES string of the molecule is CC/C=C\C/C=C\C/C=C\C/C=C\C/C=C\C/C=C\C/C=C\C/C=C\C/C=C\CCCCCCCCCCCC(=O)NC(COP(=O)([O-])OCC[N+](C)(C)C)C(O)/C=C/CC/C=C/CC/C=C/CCCCC. The molecular weight excluding hydrogens is 912 g/mol. The molecule has 0 radical (unpaired) electrons. The number of unbranched alkanes of at least 4 members (excludes halogenated alkanes) is 14. The average molecular weight is 1020 g/mol. The topological polar surface area (TPSA) is 108 Å². The Labute approximate surface area is 442 Å². The molecule has 408 valence electrons. The number of hydrogen-bond acceptors (Lipinski definition) is 6. The molecular formula is C63H105N2O6P. The Bertz CT molecular complexity index is 1670. The molecule has 8 nitrogen and oxygen atoms in total. The van der Waals surface area contributed by atoms with E-state index in [1.165, 1.54) is 51.4 Å². The van der Waals surface area contributed by atoms with Gasteiger partial charge in [-0.15, -0.1) is 0 Å². The molecule has 1 amide bonds. The zero-order chi connectivity index (χ0) is 52.7. The van der Waals surface area contributed by atoms with Crippen molar-refractivity contribution in [3.8, 4) is 0 Å². The Hall–Kier alpha value is -3.62. The summed E-state index contributed by atoms with van der Waals surface area (Å²) in [5.74, 6) is -0.226. The van der Waals surface area contributed by atoms with Gasteiger partial charge in [-0.05, 0) is 116 Å². The van der Waals surface area contributed by atoms with E-state index >= 15 is 0 Å². The van der Waals surface area contributed by atoms with Crippen LogP contribution in [0, 0.1) is 0 Å². The van der Waals surface area contributed by atoms with Crippen molar-refractivity contribution in [1.29, 1.82) is 0 Å². The van der Waals surface area contributed by atoms with Crippen molar-refractivity contribution in [2.24, 2.45) is 0 Å². The van der Waals surface area contributed by atoms with Gasteiger partial charge in [-0.1, -0.05) is 217 Å². The molecule has 0 spiro atoms. The third-order valence-electron chi connectivity index (χ3n) is 11.5. The Morgan fingerprint density at radius 3 is 1.29 bits per heavy atom. The van der Waals surface area contributed by atoms with E-state index in [0.717, 1.165) is 122 Å². The molecule has 0 rings (SSSR count). The summed E-state index contributed by atoms with van der Waals surface area (Å²) in [5, 5.41) is 13.8. The molecule has 0 fully saturated rings. The number of rotatable bonds is 49. The van der Waals surface area contributed by atoms with Gasteiger partial charge in [0.2, 0.25) is 5.91 Å². The quantitative estimate of drug-likeness (QED) is 0.0272. The molecule has 3 unspecified atom stereocenters. The van der Waals surface area contributed by atoms with Crippen LogP contribution in [0.2, 0.25) is 0 Å². The number of allylic oxidation sites excluding steroid dienone is 23. The molecule has 2 N–H and O–H groups in total. The first-order valence-corrected chi connectivity index (χ1v) is 29.7. The van der Waals surface area contributed by atoms with Crippen LogP contribution >= 0.6 is 7.82 Å². The third kappa shape index (κ3) is 54.2. The third-order valence-corrected chi connectivity index (χ3v) is 12.5. The molecule has 0 aliphatic carbocycles. The highest BCUT2D eigenvalue weighted by molar-refractivity contribution is 7.45. The average Bonchev–Trinajstić information content (AvgIpc) is 3.34. The van der Waals surface area contributed by atoms with Gasteiger partial charge in [0.05, 0.1) is 39.9 Å². The van der Waals surface area contributed by atoms with Crippen molar-refractivity contribution in [2.45, 2.75) is 206 Å². The normalized spacial score (nSPS) is 15.0. The van der Waals surface area contributed by atoms with E-state index in [9.17, 15) is 19.4 Å².